The summed E-state index contributed by atoms with van der Waals surface area (Å²) in [6.07, 6.45) is 2.46. The van der Waals surface area contributed by atoms with Gasteiger partial charge < -0.3 is 4.90 Å². The zero-order valence-corrected chi connectivity index (χ0v) is 16.8. The van der Waals surface area contributed by atoms with Crippen LogP contribution in [0.15, 0.2) is 41.9 Å². The lowest BCUT2D eigenvalue weighted by Gasteiger charge is -2.26. The molecule has 5 heteroatoms. The number of thiazole rings is 1. The minimum atomic E-state index is 0.196. The van der Waals surface area contributed by atoms with Gasteiger partial charge in [-0.05, 0) is 11.8 Å². The predicted octanol–water partition coefficient (Wildman–Crippen LogP) is 4.75. The predicted molar refractivity (Wildman–Crippen MR) is 108 cm³/mol. The molecule has 0 atom stereocenters. The van der Waals surface area contributed by atoms with E-state index in [4.69, 9.17) is 4.98 Å². The first-order valence-electron chi connectivity index (χ1n) is 9.22. The standard InChI is InChI=1S/C21H27N3OS/c1-15(2)11-23(12-16(3)4)20(25)10-18-14-26-21-22-19(13-24(18)21)17-8-6-5-7-9-17/h5-9,13-16H,10-12H2,1-4H3. The topological polar surface area (TPSA) is 37.6 Å². The van der Waals surface area contributed by atoms with E-state index in [0.29, 0.717) is 18.3 Å². The molecule has 3 aromatic rings. The van der Waals surface area contributed by atoms with Crippen molar-refractivity contribution in [3.63, 3.8) is 0 Å². The fourth-order valence-electron chi connectivity index (χ4n) is 3.13. The van der Waals surface area contributed by atoms with Crippen LogP contribution in [0.1, 0.15) is 33.4 Å². The lowest BCUT2D eigenvalue weighted by Crippen LogP contribution is -2.38. The molecule has 0 fully saturated rings. The second-order valence-corrected chi connectivity index (χ2v) is 8.47. The van der Waals surface area contributed by atoms with Crippen molar-refractivity contribution >= 4 is 22.2 Å². The second-order valence-electron chi connectivity index (χ2n) is 7.63. The van der Waals surface area contributed by atoms with Crippen LogP contribution in [0.2, 0.25) is 0 Å². The van der Waals surface area contributed by atoms with Gasteiger partial charge in [-0.2, -0.15) is 0 Å². The molecule has 4 nitrogen and oxygen atoms in total. The highest BCUT2D eigenvalue weighted by Crippen LogP contribution is 2.24. The molecule has 138 valence electrons. The van der Waals surface area contributed by atoms with Gasteiger partial charge >= 0.3 is 0 Å². The SMILES string of the molecule is CC(C)CN(CC(C)C)C(=O)Cc1csc2nc(-c3ccccc3)cn12. The fourth-order valence-corrected chi connectivity index (χ4v) is 4.00. The zero-order chi connectivity index (χ0) is 18.7. The van der Waals surface area contributed by atoms with Crippen molar-refractivity contribution in [3.05, 3.63) is 47.6 Å². The number of carbonyl (C=O) groups is 1. The van der Waals surface area contributed by atoms with Crippen LogP contribution in [0.25, 0.3) is 16.2 Å². The van der Waals surface area contributed by atoms with Crippen molar-refractivity contribution in [1.29, 1.82) is 0 Å². The van der Waals surface area contributed by atoms with Crippen molar-refractivity contribution in [2.75, 3.05) is 13.1 Å². The van der Waals surface area contributed by atoms with E-state index >= 15 is 0 Å². The molecule has 2 aromatic heterocycles. The minimum Gasteiger partial charge on any atom is -0.342 e. The van der Waals surface area contributed by atoms with Crippen molar-refractivity contribution in [3.8, 4) is 11.3 Å². The molecule has 26 heavy (non-hydrogen) atoms. The molecule has 0 aliphatic rings. The molecule has 0 N–H and O–H groups in total. The fraction of sp³-hybridized carbons (Fsp3) is 0.429. The number of rotatable bonds is 7. The monoisotopic (exact) mass is 369 g/mol. The average Bonchev–Trinajstić information content (AvgIpc) is 3.16. The van der Waals surface area contributed by atoms with Crippen LogP contribution in [-0.2, 0) is 11.2 Å². The lowest BCUT2D eigenvalue weighted by atomic mass is 10.1. The van der Waals surface area contributed by atoms with Gasteiger partial charge in [0.05, 0.1) is 12.1 Å². The third kappa shape index (κ3) is 4.33. The van der Waals surface area contributed by atoms with Gasteiger partial charge in [-0.3, -0.25) is 9.20 Å². The van der Waals surface area contributed by atoms with Gasteiger partial charge in [0, 0.05) is 35.9 Å². The molecule has 1 amide bonds. The maximum Gasteiger partial charge on any atom is 0.228 e. The van der Waals surface area contributed by atoms with E-state index in [1.54, 1.807) is 11.3 Å². The van der Waals surface area contributed by atoms with Crippen LogP contribution in [0.4, 0.5) is 0 Å². The number of nitrogens with zero attached hydrogens (tertiary/aromatic N) is 3. The highest BCUT2D eigenvalue weighted by atomic mass is 32.1. The molecule has 0 unspecified atom stereocenters. The van der Waals surface area contributed by atoms with Crippen LogP contribution in [0.3, 0.4) is 0 Å². The first kappa shape index (κ1) is 18.6. The van der Waals surface area contributed by atoms with Gasteiger partial charge in [0.25, 0.3) is 0 Å². The smallest absolute Gasteiger partial charge is 0.228 e. The molecule has 0 aliphatic heterocycles. The van der Waals surface area contributed by atoms with E-state index in [0.717, 1.165) is 35.0 Å². The van der Waals surface area contributed by atoms with Crippen molar-refractivity contribution in [2.24, 2.45) is 11.8 Å². The molecule has 1 aromatic carbocycles. The highest BCUT2D eigenvalue weighted by Gasteiger charge is 2.19. The van der Waals surface area contributed by atoms with E-state index in [2.05, 4.69) is 49.6 Å². The molecular formula is C21H27N3OS. The molecule has 0 bridgehead atoms. The largest absolute Gasteiger partial charge is 0.342 e. The number of benzene rings is 1. The molecule has 3 rings (SSSR count). The summed E-state index contributed by atoms with van der Waals surface area (Å²) in [6.45, 7) is 10.3. The van der Waals surface area contributed by atoms with Gasteiger partial charge in [0.2, 0.25) is 5.91 Å². The number of fused-ring (bicyclic) bond motifs is 1. The summed E-state index contributed by atoms with van der Waals surface area (Å²) in [5.41, 5.74) is 3.07. The summed E-state index contributed by atoms with van der Waals surface area (Å²) >= 11 is 1.59. The number of hydrogen-bond acceptors (Lipinski definition) is 3. The van der Waals surface area contributed by atoms with Crippen molar-refractivity contribution in [2.45, 2.75) is 34.1 Å². The first-order chi connectivity index (χ1) is 12.4. The average molecular weight is 370 g/mol. The number of aromatic nitrogens is 2. The Balaban J connectivity index is 1.81. The summed E-state index contributed by atoms with van der Waals surface area (Å²) in [7, 11) is 0. The van der Waals surface area contributed by atoms with Gasteiger partial charge in [0.15, 0.2) is 4.96 Å². The van der Waals surface area contributed by atoms with Gasteiger partial charge in [0.1, 0.15) is 0 Å². The first-order valence-corrected chi connectivity index (χ1v) is 10.1. The maximum absolute atomic E-state index is 12.9. The van der Waals surface area contributed by atoms with Crippen LogP contribution < -0.4 is 0 Å². The van der Waals surface area contributed by atoms with Crippen LogP contribution in [0.5, 0.6) is 0 Å². The van der Waals surface area contributed by atoms with E-state index in [9.17, 15) is 4.79 Å². The molecule has 0 saturated heterocycles. The highest BCUT2D eigenvalue weighted by molar-refractivity contribution is 7.15. The summed E-state index contributed by atoms with van der Waals surface area (Å²) in [4.78, 5) is 20.6. The van der Waals surface area contributed by atoms with Crippen LogP contribution >= 0.6 is 11.3 Å². The zero-order valence-electron chi connectivity index (χ0n) is 16.0. The van der Waals surface area contributed by atoms with E-state index in [1.807, 2.05) is 29.3 Å². The summed E-state index contributed by atoms with van der Waals surface area (Å²) in [5.74, 6) is 1.14. The third-order valence-corrected chi connectivity index (χ3v) is 5.10. The Morgan fingerprint density at radius 1 is 1.12 bits per heavy atom. The number of imidazole rings is 1. The Kier molecular flexibility index (Phi) is 5.77. The van der Waals surface area contributed by atoms with Crippen molar-refractivity contribution in [1.82, 2.24) is 14.3 Å². The lowest BCUT2D eigenvalue weighted by molar-refractivity contribution is -0.131. The number of carbonyl (C=O) groups excluding carboxylic acids is 1. The Bertz CT molecular complexity index is 854. The molecule has 2 heterocycles. The normalized spacial score (nSPS) is 11.6. The van der Waals surface area contributed by atoms with Gasteiger partial charge in [-0.25, -0.2) is 4.98 Å². The molecule has 0 radical (unpaired) electrons. The summed E-state index contributed by atoms with van der Waals surface area (Å²) in [6, 6.07) is 10.2. The van der Waals surface area contributed by atoms with E-state index in [-0.39, 0.29) is 5.91 Å². The van der Waals surface area contributed by atoms with E-state index < -0.39 is 0 Å². The van der Waals surface area contributed by atoms with Crippen molar-refractivity contribution < 1.29 is 4.79 Å². The molecule has 0 saturated carbocycles. The molecular weight excluding hydrogens is 342 g/mol. The Hall–Kier alpha value is -2.14. The quantitative estimate of drug-likeness (QED) is 0.603. The number of amides is 1. The third-order valence-electron chi connectivity index (χ3n) is 4.21. The molecule has 0 spiro atoms. The summed E-state index contributed by atoms with van der Waals surface area (Å²) in [5, 5.41) is 2.05. The minimum absolute atomic E-state index is 0.196. The Morgan fingerprint density at radius 3 is 2.38 bits per heavy atom. The van der Waals surface area contributed by atoms with Crippen LogP contribution in [-0.4, -0.2) is 33.3 Å². The maximum atomic E-state index is 12.9. The Morgan fingerprint density at radius 2 is 1.77 bits per heavy atom. The van der Waals surface area contributed by atoms with Gasteiger partial charge in [-0.1, -0.05) is 58.0 Å². The summed E-state index contributed by atoms with van der Waals surface area (Å²) < 4.78 is 2.06. The van der Waals surface area contributed by atoms with Gasteiger partial charge in [-0.15, -0.1) is 11.3 Å². The van der Waals surface area contributed by atoms with Crippen LogP contribution in [0, 0.1) is 11.8 Å². The number of hydrogen-bond donors (Lipinski definition) is 0. The molecule has 0 aliphatic carbocycles. The Labute approximate surface area is 159 Å². The van der Waals surface area contributed by atoms with E-state index in [1.165, 1.54) is 0 Å². The second kappa shape index (κ2) is 8.04.